The summed E-state index contributed by atoms with van der Waals surface area (Å²) in [4.78, 5) is 12.0. The van der Waals surface area contributed by atoms with E-state index in [4.69, 9.17) is 11.5 Å². The lowest BCUT2D eigenvalue weighted by Crippen LogP contribution is -2.19. The number of benzene rings is 1. The van der Waals surface area contributed by atoms with Gasteiger partial charge in [0.25, 0.3) is 5.56 Å². The predicted octanol–water partition coefficient (Wildman–Crippen LogP) is 2.09. The second kappa shape index (κ2) is 4.46. The summed E-state index contributed by atoms with van der Waals surface area (Å²) >= 11 is 0. The minimum Gasteiger partial charge on any atom is -0.397 e. The predicted molar refractivity (Wildman–Crippen MR) is 77.7 cm³/mol. The summed E-state index contributed by atoms with van der Waals surface area (Å²) in [6.45, 7) is 0.836. The Morgan fingerprint density at radius 2 is 1.79 bits per heavy atom. The standard InChI is InChI=1S/C15H17N3O/c16-13-4-3-11(7-14(13)17)12-5-6-18(15(19)8-12)9-10-1-2-10/h3-8,10H,1-2,9,16-17H2. The molecule has 0 radical (unpaired) electrons. The maximum Gasteiger partial charge on any atom is 0.251 e. The van der Waals surface area contributed by atoms with Crippen molar-refractivity contribution >= 4 is 11.4 Å². The molecule has 0 amide bonds. The van der Waals surface area contributed by atoms with E-state index >= 15 is 0 Å². The number of nitrogens with zero attached hydrogens (tertiary/aromatic N) is 1. The molecule has 0 spiro atoms. The van der Waals surface area contributed by atoms with Gasteiger partial charge in [0.1, 0.15) is 0 Å². The number of pyridine rings is 1. The first-order valence-corrected chi connectivity index (χ1v) is 6.49. The zero-order chi connectivity index (χ0) is 13.4. The smallest absolute Gasteiger partial charge is 0.251 e. The number of nitrogen functional groups attached to an aromatic ring is 2. The van der Waals surface area contributed by atoms with Gasteiger partial charge in [-0.1, -0.05) is 6.07 Å². The molecule has 1 saturated carbocycles. The molecule has 1 fully saturated rings. The molecule has 0 aliphatic heterocycles. The molecular weight excluding hydrogens is 238 g/mol. The van der Waals surface area contributed by atoms with Gasteiger partial charge in [-0.2, -0.15) is 0 Å². The van der Waals surface area contributed by atoms with E-state index in [1.54, 1.807) is 22.8 Å². The molecule has 19 heavy (non-hydrogen) atoms. The van der Waals surface area contributed by atoms with Crippen molar-refractivity contribution < 1.29 is 0 Å². The van der Waals surface area contributed by atoms with Gasteiger partial charge in [-0.05, 0) is 48.1 Å². The Bertz CT molecular complexity index is 671. The number of aromatic nitrogens is 1. The summed E-state index contributed by atoms with van der Waals surface area (Å²) in [7, 11) is 0. The van der Waals surface area contributed by atoms with Crippen LogP contribution in [0, 0.1) is 5.92 Å². The van der Waals surface area contributed by atoms with Crippen LogP contribution in [-0.2, 0) is 6.54 Å². The van der Waals surface area contributed by atoms with Crippen molar-refractivity contribution in [1.29, 1.82) is 0 Å². The zero-order valence-corrected chi connectivity index (χ0v) is 10.7. The maximum atomic E-state index is 12.0. The van der Waals surface area contributed by atoms with Gasteiger partial charge in [-0.15, -0.1) is 0 Å². The molecule has 4 nitrogen and oxygen atoms in total. The molecule has 1 aromatic heterocycles. The highest BCUT2D eigenvalue weighted by Gasteiger charge is 2.21. The van der Waals surface area contributed by atoms with Gasteiger partial charge in [0.05, 0.1) is 11.4 Å². The van der Waals surface area contributed by atoms with Crippen LogP contribution in [0.4, 0.5) is 11.4 Å². The highest BCUT2D eigenvalue weighted by molar-refractivity contribution is 5.74. The average Bonchev–Trinajstić information content (AvgIpc) is 3.19. The third-order valence-corrected chi connectivity index (χ3v) is 3.57. The number of hydrogen-bond acceptors (Lipinski definition) is 3. The molecule has 1 aromatic carbocycles. The van der Waals surface area contributed by atoms with Crippen LogP contribution in [0.15, 0.2) is 41.3 Å². The van der Waals surface area contributed by atoms with Crippen molar-refractivity contribution in [2.75, 3.05) is 11.5 Å². The molecule has 3 rings (SSSR count). The van der Waals surface area contributed by atoms with Crippen LogP contribution >= 0.6 is 0 Å². The van der Waals surface area contributed by atoms with Crippen LogP contribution in [0.1, 0.15) is 12.8 Å². The van der Waals surface area contributed by atoms with Crippen LogP contribution in [-0.4, -0.2) is 4.57 Å². The molecule has 4 N–H and O–H groups in total. The van der Waals surface area contributed by atoms with Crippen LogP contribution < -0.4 is 17.0 Å². The van der Waals surface area contributed by atoms with E-state index in [9.17, 15) is 4.79 Å². The van der Waals surface area contributed by atoms with E-state index in [0.29, 0.717) is 17.3 Å². The normalized spacial score (nSPS) is 14.5. The molecule has 98 valence electrons. The van der Waals surface area contributed by atoms with Gasteiger partial charge in [0.15, 0.2) is 0 Å². The SMILES string of the molecule is Nc1ccc(-c2ccn(CC3CC3)c(=O)c2)cc1N. The van der Waals surface area contributed by atoms with E-state index in [2.05, 4.69) is 0 Å². The first-order valence-electron chi connectivity index (χ1n) is 6.49. The molecular formula is C15H17N3O. The van der Waals surface area contributed by atoms with Crippen LogP contribution in [0.25, 0.3) is 11.1 Å². The fraction of sp³-hybridized carbons (Fsp3) is 0.267. The topological polar surface area (TPSA) is 74.0 Å². The fourth-order valence-corrected chi connectivity index (χ4v) is 2.17. The Hall–Kier alpha value is -2.23. The van der Waals surface area contributed by atoms with E-state index < -0.39 is 0 Å². The Morgan fingerprint density at radius 3 is 2.42 bits per heavy atom. The molecule has 0 atom stereocenters. The molecule has 1 aliphatic carbocycles. The number of rotatable bonds is 3. The van der Waals surface area contributed by atoms with E-state index in [1.165, 1.54) is 12.8 Å². The van der Waals surface area contributed by atoms with Crippen LogP contribution in [0.2, 0.25) is 0 Å². The van der Waals surface area contributed by atoms with E-state index in [0.717, 1.165) is 17.7 Å². The molecule has 0 saturated heterocycles. The summed E-state index contributed by atoms with van der Waals surface area (Å²) in [6.07, 6.45) is 4.34. The molecule has 0 bridgehead atoms. The third kappa shape index (κ3) is 2.47. The number of anilines is 2. The highest BCUT2D eigenvalue weighted by Crippen LogP contribution is 2.30. The summed E-state index contributed by atoms with van der Waals surface area (Å²) in [5, 5.41) is 0. The van der Waals surface area contributed by atoms with Crippen molar-refractivity contribution in [2.24, 2.45) is 5.92 Å². The summed E-state index contributed by atoms with van der Waals surface area (Å²) in [5.41, 5.74) is 14.4. The minimum absolute atomic E-state index is 0.0415. The Labute approximate surface area is 111 Å². The summed E-state index contributed by atoms with van der Waals surface area (Å²) < 4.78 is 1.78. The van der Waals surface area contributed by atoms with Crippen molar-refractivity contribution in [3.63, 3.8) is 0 Å². The largest absolute Gasteiger partial charge is 0.397 e. The van der Waals surface area contributed by atoms with Crippen LogP contribution in [0.5, 0.6) is 0 Å². The molecule has 0 unspecified atom stereocenters. The monoisotopic (exact) mass is 255 g/mol. The van der Waals surface area contributed by atoms with Crippen molar-refractivity contribution in [3.05, 3.63) is 46.9 Å². The first kappa shape index (κ1) is 11.8. The van der Waals surface area contributed by atoms with E-state index in [-0.39, 0.29) is 5.56 Å². The summed E-state index contributed by atoms with van der Waals surface area (Å²) in [6, 6.07) is 9.06. The maximum absolute atomic E-state index is 12.0. The Morgan fingerprint density at radius 1 is 1.05 bits per heavy atom. The lowest BCUT2D eigenvalue weighted by molar-refractivity contribution is 0.607. The lowest BCUT2D eigenvalue weighted by Gasteiger charge is -2.08. The van der Waals surface area contributed by atoms with Gasteiger partial charge in [0, 0.05) is 18.8 Å². The van der Waals surface area contributed by atoms with Crippen LogP contribution in [0.3, 0.4) is 0 Å². The first-order chi connectivity index (χ1) is 9.13. The van der Waals surface area contributed by atoms with E-state index in [1.807, 2.05) is 18.3 Å². The van der Waals surface area contributed by atoms with Crippen molar-refractivity contribution in [1.82, 2.24) is 4.57 Å². The quantitative estimate of drug-likeness (QED) is 0.825. The Balaban J connectivity index is 1.94. The van der Waals surface area contributed by atoms with Crippen molar-refractivity contribution in [3.8, 4) is 11.1 Å². The highest BCUT2D eigenvalue weighted by atomic mass is 16.1. The lowest BCUT2D eigenvalue weighted by atomic mass is 10.1. The second-order valence-electron chi connectivity index (χ2n) is 5.19. The second-order valence-corrected chi connectivity index (χ2v) is 5.19. The molecule has 1 aliphatic rings. The fourth-order valence-electron chi connectivity index (χ4n) is 2.17. The Kier molecular flexibility index (Phi) is 2.78. The van der Waals surface area contributed by atoms with Gasteiger partial charge < -0.3 is 16.0 Å². The number of nitrogens with two attached hydrogens (primary N) is 2. The number of hydrogen-bond donors (Lipinski definition) is 2. The van der Waals surface area contributed by atoms with Crippen molar-refractivity contribution in [2.45, 2.75) is 19.4 Å². The third-order valence-electron chi connectivity index (χ3n) is 3.57. The van der Waals surface area contributed by atoms with Gasteiger partial charge in [-0.3, -0.25) is 4.79 Å². The van der Waals surface area contributed by atoms with Gasteiger partial charge >= 0.3 is 0 Å². The van der Waals surface area contributed by atoms with Gasteiger partial charge in [0.2, 0.25) is 0 Å². The average molecular weight is 255 g/mol. The molecule has 1 heterocycles. The summed E-state index contributed by atoms with van der Waals surface area (Å²) in [5.74, 6) is 0.690. The molecule has 4 heteroatoms. The minimum atomic E-state index is 0.0415. The molecule has 2 aromatic rings. The zero-order valence-electron chi connectivity index (χ0n) is 10.7. The van der Waals surface area contributed by atoms with Gasteiger partial charge in [-0.25, -0.2) is 0 Å².